The molecule has 0 bridgehead atoms. The van der Waals surface area contributed by atoms with Gasteiger partial charge in [-0.2, -0.15) is 10.2 Å². The number of anilines is 1. The van der Waals surface area contributed by atoms with Crippen molar-refractivity contribution in [3.63, 3.8) is 0 Å². The highest BCUT2D eigenvalue weighted by atomic mass is 35.5. The number of aryl methyl sites for hydroxylation is 1. The van der Waals surface area contributed by atoms with Crippen LogP contribution in [-0.4, -0.2) is 31.3 Å². The van der Waals surface area contributed by atoms with Crippen LogP contribution in [0.3, 0.4) is 0 Å². The van der Waals surface area contributed by atoms with Crippen molar-refractivity contribution >= 4 is 40.7 Å². The van der Waals surface area contributed by atoms with E-state index in [1.165, 1.54) is 6.20 Å². The van der Waals surface area contributed by atoms with Crippen LogP contribution in [0, 0.1) is 13.8 Å². The first-order valence-electron chi connectivity index (χ1n) is 9.78. The number of hydrogen-bond donors (Lipinski definition) is 1. The maximum Gasteiger partial charge on any atom is 0.298 e. The van der Waals surface area contributed by atoms with E-state index >= 15 is 0 Å². The summed E-state index contributed by atoms with van der Waals surface area (Å²) in [5.74, 6) is -1.06. The van der Waals surface area contributed by atoms with Gasteiger partial charge in [-0.25, -0.2) is 9.36 Å². The number of benzene rings is 2. The molecule has 9 heteroatoms. The normalized spacial score (nSPS) is 10.9. The lowest BCUT2D eigenvalue weighted by Gasteiger charge is -2.10. The maximum absolute atomic E-state index is 13.0. The molecular weight excluding hydrogens is 449 g/mol. The second-order valence-corrected chi connectivity index (χ2v) is 8.03. The zero-order chi connectivity index (χ0) is 22.8. The zero-order valence-electron chi connectivity index (χ0n) is 17.3. The molecule has 0 aliphatic rings. The second-order valence-electron chi connectivity index (χ2n) is 7.19. The molecule has 162 valence electrons. The van der Waals surface area contributed by atoms with Crippen LogP contribution in [0.15, 0.2) is 60.8 Å². The van der Waals surface area contributed by atoms with Gasteiger partial charge in [-0.1, -0.05) is 47.5 Å². The second kappa shape index (κ2) is 8.98. The molecule has 0 saturated heterocycles. The topological polar surface area (TPSA) is 81.8 Å². The summed E-state index contributed by atoms with van der Waals surface area (Å²) in [6.07, 6.45) is 1.54. The number of rotatable bonds is 6. The number of hydrogen-bond acceptors (Lipinski definition) is 4. The molecular formula is C23H19Cl2N5O2. The van der Waals surface area contributed by atoms with Crippen LogP contribution in [0.5, 0.6) is 0 Å². The van der Waals surface area contributed by atoms with Crippen LogP contribution >= 0.6 is 23.2 Å². The van der Waals surface area contributed by atoms with E-state index < -0.39 is 11.7 Å². The summed E-state index contributed by atoms with van der Waals surface area (Å²) in [6, 6.07) is 16.2. The summed E-state index contributed by atoms with van der Waals surface area (Å²) in [4.78, 5) is 25.8. The number of Topliss-reactive ketones (excluding diaryl/α,β-unsaturated/α-hetero) is 1. The average molecular weight is 468 g/mol. The lowest BCUT2D eigenvalue weighted by Crippen LogP contribution is -2.25. The summed E-state index contributed by atoms with van der Waals surface area (Å²) in [5, 5.41) is 12.3. The number of nitrogens with one attached hydrogen (secondary N) is 1. The van der Waals surface area contributed by atoms with Gasteiger partial charge in [-0.3, -0.25) is 9.59 Å². The Bertz CT molecular complexity index is 1310. The van der Waals surface area contributed by atoms with E-state index in [-0.39, 0.29) is 5.56 Å². The van der Waals surface area contributed by atoms with Crippen LogP contribution in [0.1, 0.15) is 27.3 Å². The van der Waals surface area contributed by atoms with E-state index in [2.05, 4.69) is 15.5 Å². The highest BCUT2D eigenvalue weighted by Crippen LogP contribution is 2.23. The predicted molar refractivity (Wildman–Crippen MR) is 124 cm³/mol. The highest BCUT2D eigenvalue weighted by molar-refractivity contribution is 6.47. The first-order chi connectivity index (χ1) is 15.3. The van der Waals surface area contributed by atoms with E-state index in [0.717, 1.165) is 11.3 Å². The predicted octanol–water partition coefficient (Wildman–Crippen LogP) is 4.86. The number of carbonyl (C=O) groups is 2. The number of aromatic nitrogens is 4. The number of ketones is 1. The monoisotopic (exact) mass is 467 g/mol. The molecule has 0 radical (unpaired) electrons. The first-order valence-corrected chi connectivity index (χ1v) is 10.5. The Hall–Kier alpha value is -3.42. The quantitative estimate of drug-likeness (QED) is 0.324. The Kier molecular flexibility index (Phi) is 6.12. The number of carbonyl (C=O) groups excluding carboxylic acids is 2. The van der Waals surface area contributed by atoms with Crippen LogP contribution in [0.2, 0.25) is 10.0 Å². The largest absolute Gasteiger partial charge is 0.304 e. The minimum atomic E-state index is -0.771. The smallest absolute Gasteiger partial charge is 0.298 e. The van der Waals surface area contributed by atoms with Crippen molar-refractivity contribution in [2.75, 3.05) is 5.32 Å². The molecule has 0 fully saturated rings. The third kappa shape index (κ3) is 4.30. The molecule has 0 unspecified atom stereocenters. The minimum Gasteiger partial charge on any atom is -0.304 e. The number of para-hydroxylation sites is 1. The third-order valence-corrected chi connectivity index (χ3v) is 5.61. The summed E-state index contributed by atoms with van der Waals surface area (Å²) >= 11 is 12.2. The molecule has 2 aromatic heterocycles. The first kappa shape index (κ1) is 21.8. The fraction of sp³-hybridized carbons (Fsp3) is 0.130. The van der Waals surface area contributed by atoms with Gasteiger partial charge in [0.2, 0.25) is 0 Å². The van der Waals surface area contributed by atoms with Gasteiger partial charge in [-0.05, 0) is 43.7 Å². The van der Waals surface area contributed by atoms with Crippen molar-refractivity contribution < 1.29 is 9.59 Å². The van der Waals surface area contributed by atoms with Gasteiger partial charge in [0.05, 0.1) is 35.4 Å². The Labute approximate surface area is 194 Å². The third-order valence-electron chi connectivity index (χ3n) is 5.02. The molecule has 32 heavy (non-hydrogen) atoms. The molecule has 2 aromatic carbocycles. The van der Waals surface area contributed by atoms with Crippen molar-refractivity contribution in [1.82, 2.24) is 19.6 Å². The SMILES string of the molecule is Cc1nn(-c2ccccc2)c(C)c1C(=O)C(=O)Nc1ccnn1Cc1ccc(Cl)cc1Cl. The van der Waals surface area contributed by atoms with Crippen molar-refractivity contribution in [2.45, 2.75) is 20.4 Å². The summed E-state index contributed by atoms with van der Waals surface area (Å²) in [5.41, 5.74) is 2.93. The number of halogens is 2. The van der Waals surface area contributed by atoms with Crippen molar-refractivity contribution in [2.24, 2.45) is 0 Å². The lowest BCUT2D eigenvalue weighted by atomic mass is 10.1. The molecule has 1 amide bonds. The molecule has 0 saturated carbocycles. The Morgan fingerprint density at radius 3 is 2.50 bits per heavy atom. The molecule has 4 aromatic rings. The molecule has 7 nitrogen and oxygen atoms in total. The van der Waals surface area contributed by atoms with Gasteiger partial charge in [0.15, 0.2) is 0 Å². The Balaban J connectivity index is 1.55. The molecule has 0 atom stereocenters. The summed E-state index contributed by atoms with van der Waals surface area (Å²) in [6.45, 7) is 3.77. The van der Waals surface area contributed by atoms with E-state index in [4.69, 9.17) is 23.2 Å². The minimum absolute atomic E-state index is 0.276. The standard InChI is InChI=1S/C23H19Cl2N5O2/c1-14-21(15(2)30(28-14)18-6-4-3-5-7-18)22(31)23(32)27-20-10-11-26-29(20)13-16-8-9-17(24)12-19(16)25/h3-12H,13H2,1-2H3,(H,27,32). The Morgan fingerprint density at radius 1 is 1.03 bits per heavy atom. The van der Waals surface area contributed by atoms with E-state index in [0.29, 0.717) is 33.8 Å². The number of amides is 1. The maximum atomic E-state index is 13.0. The molecule has 4 rings (SSSR count). The average Bonchev–Trinajstić information content (AvgIpc) is 3.33. The molecule has 0 spiro atoms. The van der Waals surface area contributed by atoms with Crippen LogP contribution in [0.4, 0.5) is 5.82 Å². The van der Waals surface area contributed by atoms with Gasteiger partial charge in [0.25, 0.3) is 11.7 Å². The molecule has 0 aliphatic heterocycles. The fourth-order valence-electron chi connectivity index (χ4n) is 3.45. The molecule has 0 aliphatic carbocycles. The van der Waals surface area contributed by atoms with Gasteiger partial charge in [0, 0.05) is 16.1 Å². The van der Waals surface area contributed by atoms with Crippen LogP contribution in [-0.2, 0) is 11.3 Å². The Morgan fingerprint density at radius 2 is 1.78 bits per heavy atom. The summed E-state index contributed by atoms with van der Waals surface area (Å²) < 4.78 is 3.20. The zero-order valence-corrected chi connectivity index (χ0v) is 18.9. The number of nitrogens with zero attached hydrogens (tertiary/aromatic N) is 4. The highest BCUT2D eigenvalue weighted by Gasteiger charge is 2.26. The molecule has 2 heterocycles. The van der Waals surface area contributed by atoms with E-state index in [1.54, 1.807) is 47.5 Å². The van der Waals surface area contributed by atoms with Crippen LogP contribution in [0.25, 0.3) is 5.69 Å². The van der Waals surface area contributed by atoms with Crippen LogP contribution < -0.4 is 5.32 Å². The lowest BCUT2D eigenvalue weighted by molar-refractivity contribution is -0.112. The van der Waals surface area contributed by atoms with E-state index in [1.807, 2.05) is 30.3 Å². The van der Waals surface area contributed by atoms with Gasteiger partial charge in [0.1, 0.15) is 5.82 Å². The fourth-order valence-corrected chi connectivity index (χ4v) is 3.92. The molecule has 1 N–H and O–H groups in total. The van der Waals surface area contributed by atoms with Gasteiger partial charge < -0.3 is 5.32 Å². The van der Waals surface area contributed by atoms with Crippen molar-refractivity contribution in [3.8, 4) is 5.69 Å². The van der Waals surface area contributed by atoms with Gasteiger partial charge in [-0.15, -0.1) is 0 Å². The van der Waals surface area contributed by atoms with E-state index in [9.17, 15) is 9.59 Å². The van der Waals surface area contributed by atoms with Crippen molar-refractivity contribution in [1.29, 1.82) is 0 Å². The van der Waals surface area contributed by atoms with Gasteiger partial charge >= 0.3 is 0 Å². The van der Waals surface area contributed by atoms with Crippen molar-refractivity contribution in [3.05, 3.63) is 93.4 Å². The summed E-state index contributed by atoms with van der Waals surface area (Å²) in [7, 11) is 0.